The molecule has 6 nitrogen and oxygen atoms in total. The fraction of sp³-hybridized carbons (Fsp3) is 0.412. The van der Waals surface area contributed by atoms with Gasteiger partial charge in [-0.05, 0) is 24.0 Å². The molecule has 3 aromatic rings. The molecular formula is C17H17F2N5OS2. The average Bonchev–Trinajstić information content (AvgIpc) is 3.29. The van der Waals surface area contributed by atoms with Crippen LogP contribution in [-0.4, -0.2) is 51.6 Å². The summed E-state index contributed by atoms with van der Waals surface area (Å²) >= 11 is 2.40. The molecule has 1 amide bonds. The molecule has 1 aliphatic rings. The zero-order chi connectivity index (χ0) is 19.0. The maximum atomic E-state index is 13.9. The van der Waals surface area contributed by atoms with E-state index in [0.29, 0.717) is 40.9 Å². The van der Waals surface area contributed by atoms with E-state index in [1.54, 1.807) is 4.90 Å². The van der Waals surface area contributed by atoms with E-state index in [2.05, 4.69) is 14.6 Å². The van der Waals surface area contributed by atoms with Gasteiger partial charge >= 0.3 is 0 Å². The summed E-state index contributed by atoms with van der Waals surface area (Å²) in [6.07, 6.45) is 1.65. The Bertz CT molecular complexity index is 981. The zero-order valence-electron chi connectivity index (χ0n) is 14.6. The minimum Gasteiger partial charge on any atom is -0.345 e. The van der Waals surface area contributed by atoms with Crippen molar-refractivity contribution in [1.29, 1.82) is 0 Å². The van der Waals surface area contributed by atoms with Crippen molar-refractivity contribution in [3.63, 3.8) is 0 Å². The van der Waals surface area contributed by atoms with Gasteiger partial charge < -0.3 is 9.80 Å². The van der Waals surface area contributed by atoms with E-state index in [9.17, 15) is 13.6 Å². The molecule has 0 bridgehead atoms. The molecule has 1 aromatic carbocycles. The van der Waals surface area contributed by atoms with Gasteiger partial charge in [0, 0.05) is 32.2 Å². The van der Waals surface area contributed by atoms with E-state index >= 15 is 0 Å². The summed E-state index contributed by atoms with van der Waals surface area (Å²) in [5.74, 6) is -1.29. The molecule has 1 saturated heterocycles. The molecule has 0 saturated carbocycles. The fourth-order valence-electron chi connectivity index (χ4n) is 3.10. The number of carbonyl (C=O) groups is 1. The van der Waals surface area contributed by atoms with Crippen LogP contribution < -0.4 is 4.90 Å². The van der Waals surface area contributed by atoms with E-state index in [1.165, 1.54) is 17.4 Å². The SMILES string of the molecule is CCCc1nnsc1C(=O)N1CCN(c2nc3c(F)cc(F)cc3s2)CC1. The van der Waals surface area contributed by atoms with Crippen molar-refractivity contribution in [2.45, 2.75) is 19.8 Å². The van der Waals surface area contributed by atoms with Gasteiger partial charge in [-0.15, -0.1) is 5.10 Å². The normalized spacial score (nSPS) is 14.9. The number of aryl methyl sites for hydroxylation is 1. The number of fused-ring (bicyclic) bond motifs is 1. The molecular weight excluding hydrogens is 392 g/mol. The number of piperazine rings is 1. The third-order valence-electron chi connectivity index (χ3n) is 4.48. The number of rotatable bonds is 4. The van der Waals surface area contributed by atoms with Gasteiger partial charge in [0.15, 0.2) is 10.9 Å². The topological polar surface area (TPSA) is 62.2 Å². The first kappa shape index (κ1) is 18.2. The lowest BCUT2D eigenvalue weighted by Crippen LogP contribution is -2.48. The Hall–Kier alpha value is -2.20. The highest BCUT2D eigenvalue weighted by atomic mass is 32.1. The molecule has 0 spiro atoms. The first-order valence-corrected chi connectivity index (χ1v) is 10.3. The van der Waals surface area contributed by atoms with E-state index in [4.69, 9.17) is 0 Å². The largest absolute Gasteiger partial charge is 0.345 e. The third kappa shape index (κ3) is 3.51. The van der Waals surface area contributed by atoms with E-state index < -0.39 is 11.6 Å². The number of aromatic nitrogens is 3. The number of amides is 1. The standard InChI is InChI=1S/C17H17F2N5OS2/c1-2-3-12-15(27-22-21-12)16(25)23-4-6-24(7-5-23)17-20-14-11(19)8-10(18)9-13(14)26-17/h8-9H,2-7H2,1H3. The van der Waals surface area contributed by atoms with Crippen LogP contribution in [0.5, 0.6) is 0 Å². The summed E-state index contributed by atoms with van der Waals surface area (Å²) in [5.41, 5.74) is 0.952. The molecule has 0 aliphatic carbocycles. The number of benzene rings is 1. The van der Waals surface area contributed by atoms with Crippen LogP contribution >= 0.6 is 22.9 Å². The van der Waals surface area contributed by atoms with Crippen molar-refractivity contribution in [2.75, 3.05) is 31.1 Å². The monoisotopic (exact) mass is 409 g/mol. The number of carbonyl (C=O) groups excluding carboxylic acids is 1. The van der Waals surface area contributed by atoms with Crippen molar-refractivity contribution < 1.29 is 13.6 Å². The van der Waals surface area contributed by atoms with E-state index in [-0.39, 0.29) is 11.4 Å². The van der Waals surface area contributed by atoms with Gasteiger partial charge in [0.2, 0.25) is 0 Å². The van der Waals surface area contributed by atoms with Gasteiger partial charge in [-0.2, -0.15) is 0 Å². The molecule has 10 heteroatoms. The highest BCUT2D eigenvalue weighted by Crippen LogP contribution is 2.31. The number of hydrogen-bond acceptors (Lipinski definition) is 7. The molecule has 1 fully saturated rings. The summed E-state index contributed by atoms with van der Waals surface area (Å²) in [7, 11) is 0. The van der Waals surface area contributed by atoms with E-state index in [1.807, 2.05) is 11.8 Å². The number of halogens is 2. The van der Waals surface area contributed by atoms with Gasteiger partial charge in [-0.1, -0.05) is 29.2 Å². The predicted molar refractivity (Wildman–Crippen MR) is 102 cm³/mol. The molecule has 2 aromatic heterocycles. The predicted octanol–water partition coefficient (Wildman–Crippen LogP) is 3.34. The third-order valence-corrected chi connectivity index (χ3v) is 6.30. The second-order valence-electron chi connectivity index (χ2n) is 6.31. The van der Waals surface area contributed by atoms with Crippen LogP contribution in [0.25, 0.3) is 10.2 Å². The van der Waals surface area contributed by atoms with Gasteiger partial charge in [0.1, 0.15) is 16.2 Å². The summed E-state index contributed by atoms with van der Waals surface area (Å²) in [6, 6.07) is 2.14. The Morgan fingerprint density at radius 1 is 1.22 bits per heavy atom. The van der Waals surface area contributed by atoms with Crippen molar-refractivity contribution in [2.24, 2.45) is 0 Å². The summed E-state index contributed by atoms with van der Waals surface area (Å²) in [6.45, 7) is 4.29. The van der Waals surface area contributed by atoms with Crippen molar-refractivity contribution >= 4 is 44.1 Å². The lowest BCUT2D eigenvalue weighted by Gasteiger charge is -2.34. The maximum Gasteiger partial charge on any atom is 0.267 e. The Labute approximate surface area is 162 Å². The van der Waals surface area contributed by atoms with Gasteiger partial charge in [-0.25, -0.2) is 13.8 Å². The van der Waals surface area contributed by atoms with Crippen LogP contribution in [0.4, 0.5) is 13.9 Å². The Kier molecular flexibility index (Phi) is 5.00. The Morgan fingerprint density at radius 2 is 2.00 bits per heavy atom. The highest BCUT2D eigenvalue weighted by molar-refractivity contribution is 7.22. The van der Waals surface area contributed by atoms with Gasteiger partial charge in [0.05, 0.1) is 10.4 Å². The second-order valence-corrected chi connectivity index (χ2v) is 8.07. The van der Waals surface area contributed by atoms with Gasteiger partial charge in [-0.3, -0.25) is 4.79 Å². The molecule has 0 radical (unpaired) electrons. The fourth-order valence-corrected chi connectivity index (χ4v) is 4.83. The first-order chi connectivity index (χ1) is 13.1. The molecule has 1 aliphatic heterocycles. The summed E-state index contributed by atoms with van der Waals surface area (Å²) in [4.78, 5) is 21.5. The molecule has 27 heavy (non-hydrogen) atoms. The number of hydrogen-bond donors (Lipinski definition) is 0. The minimum atomic E-state index is -0.650. The lowest BCUT2D eigenvalue weighted by atomic mass is 10.2. The summed E-state index contributed by atoms with van der Waals surface area (Å²) < 4.78 is 31.7. The molecule has 0 atom stereocenters. The van der Waals surface area contributed by atoms with Gasteiger partial charge in [0.25, 0.3) is 5.91 Å². The number of thiazole rings is 1. The van der Waals surface area contributed by atoms with Crippen LogP contribution in [0.1, 0.15) is 28.7 Å². The summed E-state index contributed by atoms with van der Waals surface area (Å²) in [5, 5.41) is 4.71. The Morgan fingerprint density at radius 3 is 2.74 bits per heavy atom. The lowest BCUT2D eigenvalue weighted by molar-refractivity contribution is 0.0750. The van der Waals surface area contributed by atoms with Crippen LogP contribution in [0.15, 0.2) is 12.1 Å². The number of anilines is 1. The zero-order valence-corrected chi connectivity index (χ0v) is 16.2. The van der Waals surface area contributed by atoms with Crippen LogP contribution in [0.2, 0.25) is 0 Å². The molecule has 0 unspecified atom stereocenters. The minimum absolute atomic E-state index is 0.0366. The van der Waals surface area contributed by atoms with Crippen molar-refractivity contribution in [1.82, 2.24) is 19.5 Å². The van der Waals surface area contributed by atoms with Crippen LogP contribution in [0.3, 0.4) is 0 Å². The molecule has 3 heterocycles. The highest BCUT2D eigenvalue weighted by Gasteiger charge is 2.27. The van der Waals surface area contributed by atoms with Crippen molar-refractivity contribution in [3.05, 3.63) is 34.3 Å². The quantitative estimate of drug-likeness (QED) is 0.661. The smallest absolute Gasteiger partial charge is 0.267 e. The number of nitrogens with zero attached hydrogens (tertiary/aromatic N) is 5. The maximum absolute atomic E-state index is 13.9. The molecule has 0 N–H and O–H groups in total. The van der Waals surface area contributed by atoms with E-state index in [0.717, 1.165) is 36.1 Å². The molecule has 142 valence electrons. The molecule has 4 rings (SSSR count). The van der Waals surface area contributed by atoms with Crippen molar-refractivity contribution in [3.8, 4) is 0 Å². The Balaban J connectivity index is 1.46. The second kappa shape index (κ2) is 7.43. The van der Waals surface area contributed by atoms with Crippen LogP contribution in [-0.2, 0) is 6.42 Å². The average molecular weight is 409 g/mol. The first-order valence-electron chi connectivity index (χ1n) is 8.68. The van der Waals surface area contributed by atoms with Crippen LogP contribution in [0, 0.1) is 11.6 Å².